The van der Waals surface area contributed by atoms with Crippen LogP contribution in [0.2, 0.25) is 0 Å². The van der Waals surface area contributed by atoms with E-state index in [2.05, 4.69) is 0 Å². The Balaban J connectivity index is 2.05. The minimum atomic E-state index is -0.868. The molecular weight excluding hydrogens is 436 g/mol. The highest BCUT2D eigenvalue weighted by molar-refractivity contribution is 6.03. The predicted octanol–water partition coefficient (Wildman–Crippen LogP) is 3.09. The van der Waals surface area contributed by atoms with Gasteiger partial charge < -0.3 is 23.7 Å². The second kappa shape index (κ2) is 9.51. The number of fused-ring (bicyclic) bond motifs is 1. The Bertz CT molecular complexity index is 1130. The molecule has 0 N–H and O–H groups in total. The Morgan fingerprint density at radius 1 is 0.727 bits per heavy atom. The third-order valence-electron chi connectivity index (χ3n) is 4.27. The third-order valence-corrected chi connectivity index (χ3v) is 4.27. The molecule has 0 bridgehead atoms. The van der Waals surface area contributed by atoms with E-state index >= 15 is 0 Å². The van der Waals surface area contributed by atoms with Crippen LogP contribution in [0.25, 0.3) is 0 Å². The van der Waals surface area contributed by atoms with Gasteiger partial charge in [-0.3, -0.25) is 24.0 Å². The SMILES string of the molecule is CC(=O)Oc1cc(OC(C)=O)cc([C@@H]2CC(=O)c3c(OC(C)=O)cc(OC(C)=O)cc3O2)c1. The summed E-state index contributed by atoms with van der Waals surface area (Å²) in [7, 11) is 0. The van der Waals surface area contributed by atoms with E-state index in [9.17, 15) is 24.0 Å². The van der Waals surface area contributed by atoms with Crippen molar-refractivity contribution < 1.29 is 47.7 Å². The number of rotatable bonds is 5. The first-order valence-electron chi connectivity index (χ1n) is 9.78. The lowest BCUT2D eigenvalue weighted by atomic mass is 9.95. The largest absolute Gasteiger partial charge is 0.484 e. The van der Waals surface area contributed by atoms with E-state index in [0.717, 1.165) is 0 Å². The second-order valence-corrected chi connectivity index (χ2v) is 7.14. The zero-order chi connectivity index (χ0) is 24.3. The molecule has 0 amide bonds. The monoisotopic (exact) mass is 456 g/mol. The number of benzene rings is 2. The fraction of sp³-hybridized carbons (Fsp3) is 0.261. The van der Waals surface area contributed by atoms with Crippen LogP contribution in [0, 0.1) is 0 Å². The summed E-state index contributed by atoms with van der Waals surface area (Å²) in [6.07, 6.45) is -1.02. The summed E-state index contributed by atoms with van der Waals surface area (Å²) in [6.45, 7) is 4.78. The first kappa shape index (κ1) is 23.5. The minimum absolute atomic E-state index is 0.0141. The summed E-state index contributed by atoms with van der Waals surface area (Å²) in [6, 6.07) is 6.88. The Hall–Kier alpha value is -4.21. The normalized spacial score (nSPS) is 14.4. The molecule has 2 aromatic carbocycles. The van der Waals surface area contributed by atoms with Crippen LogP contribution in [-0.4, -0.2) is 29.7 Å². The fourth-order valence-corrected chi connectivity index (χ4v) is 3.27. The zero-order valence-corrected chi connectivity index (χ0v) is 18.3. The fourth-order valence-electron chi connectivity index (χ4n) is 3.27. The van der Waals surface area contributed by atoms with Gasteiger partial charge in [0.05, 0.1) is 6.42 Å². The van der Waals surface area contributed by atoms with E-state index in [4.69, 9.17) is 23.7 Å². The first-order valence-corrected chi connectivity index (χ1v) is 9.78. The van der Waals surface area contributed by atoms with Crippen LogP contribution in [0.15, 0.2) is 30.3 Å². The van der Waals surface area contributed by atoms with Gasteiger partial charge in [-0.05, 0) is 12.1 Å². The van der Waals surface area contributed by atoms with Gasteiger partial charge in [0.2, 0.25) is 0 Å². The van der Waals surface area contributed by atoms with Crippen LogP contribution in [0.4, 0.5) is 0 Å². The van der Waals surface area contributed by atoms with E-state index in [1.807, 2.05) is 0 Å². The van der Waals surface area contributed by atoms with Crippen molar-refractivity contribution in [3.05, 3.63) is 41.5 Å². The standard InChI is InChI=1S/C23H20O10/c1-11(24)29-16-5-15(6-17(7-16)30-12(2)25)20-10-19(28)23-21(32-14(4)27)8-18(31-13(3)26)9-22(23)33-20/h5-9,20H,10H2,1-4H3/t20-/m0/s1. The summed E-state index contributed by atoms with van der Waals surface area (Å²) < 4.78 is 26.4. The molecule has 0 aromatic heterocycles. The molecule has 0 saturated carbocycles. The molecule has 0 spiro atoms. The Morgan fingerprint density at radius 2 is 1.21 bits per heavy atom. The number of hydrogen-bond donors (Lipinski definition) is 0. The molecule has 0 radical (unpaired) electrons. The lowest BCUT2D eigenvalue weighted by molar-refractivity contribution is -0.133. The van der Waals surface area contributed by atoms with Crippen molar-refractivity contribution in [3.63, 3.8) is 0 Å². The second-order valence-electron chi connectivity index (χ2n) is 7.14. The molecule has 10 heteroatoms. The summed E-state index contributed by atoms with van der Waals surface area (Å²) >= 11 is 0. The van der Waals surface area contributed by atoms with Crippen LogP contribution in [0.3, 0.4) is 0 Å². The summed E-state index contributed by atoms with van der Waals surface area (Å²) in [5.41, 5.74) is 0.407. The Labute approximate surface area is 188 Å². The number of hydrogen-bond acceptors (Lipinski definition) is 10. The van der Waals surface area contributed by atoms with Crippen molar-refractivity contribution in [2.24, 2.45) is 0 Å². The van der Waals surface area contributed by atoms with Crippen molar-refractivity contribution >= 4 is 29.7 Å². The summed E-state index contributed by atoms with van der Waals surface area (Å²) in [5.74, 6) is -2.77. The van der Waals surface area contributed by atoms with Crippen molar-refractivity contribution in [2.75, 3.05) is 0 Å². The van der Waals surface area contributed by atoms with Gasteiger partial charge in [-0.15, -0.1) is 0 Å². The van der Waals surface area contributed by atoms with Gasteiger partial charge in [-0.1, -0.05) is 0 Å². The molecule has 0 fully saturated rings. The molecule has 1 aliphatic rings. The van der Waals surface area contributed by atoms with Crippen molar-refractivity contribution in [1.29, 1.82) is 0 Å². The van der Waals surface area contributed by atoms with E-state index in [1.165, 1.54) is 58.0 Å². The Morgan fingerprint density at radius 3 is 1.70 bits per heavy atom. The number of esters is 4. The molecular formula is C23H20O10. The van der Waals surface area contributed by atoms with Crippen LogP contribution >= 0.6 is 0 Å². The highest BCUT2D eigenvalue weighted by Gasteiger charge is 2.33. The first-order chi connectivity index (χ1) is 15.5. The van der Waals surface area contributed by atoms with E-state index in [1.54, 1.807) is 0 Å². The maximum atomic E-state index is 13.0. The average molecular weight is 456 g/mol. The molecule has 3 rings (SSSR count). The van der Waals surface area contributed by atoms with Gasteiger partial charge in [-0.2, -0.15) is 0 Å². The summed E-state index contributed by atoms with van der Waals surface area (Å²) in [4.78, 5) is 58.7. The molecule has 0 unspecified atom stereocenters. The molecule has 33 heavy (non-hydrogen) atoms. The van der Waals surface area contributed by atoms with E-state index in [-0.39, 0.29) is 40.7 Å². The molecule has 2 aromatic rings. The lowest BCUT2D eigenvalue weighted by Gasteiger charge is -2.27. The molecule has 172 valence electrons. The van der Waals surface area contributed by atoms with Gasteiger partial charge in [0.15, 0.2) is 5.78 Å². The Kier molecular flexibility index (Phi) is 6.76. The van der Waals surface area contributed by atoms with Crippen molar-refractivity contribution in [3.8, 4) is 28.7 Å². The van der Waals surface area contributed by atoms with Gasteiger partial charge in [0.25, 0.3) is 0 Å². The lowest BCUT2D eigenvalue weighted by Crippen LogP contribution is -2.22. The third kappa shape index (κ3) is 5.94. The zero-order valence-electron chi connectivity index (χ0n) is 18.3. The number of carbonyl (C=O) groups excluding carboxylic acids is 5. The smallest absolute Gasteiger partial charge is 0.308 e. The van der Waals surface area contributed by atoms with Crippen LogP contribution in [-0.2, 0) is 19.2 Å². The maximum absolute atomic E-state index is 13.0. The highest BCUT2D eigenvalue weighted by atomic mass is 16.6. The van der Waals surface area contributed by atoms with Gasteiger partial charge in [0, 0.05) is 51.5 Å². The summed E-state index contributed by atoms with van der Waals surface area (Å²) in [5, 5.41) is 0. The van der Waals surface area contributed by atoms with Crippen LogP contribution in [0.1, 0.15) is 56.1 Å². The highest BCUT2D eigenvalue weighted by Crippen LogP contribution is 2.43. The van der Waals surface area contributed by atoms with Gasteiger partial charge in [-0.25, -0.2) is 0 Å². The van der Waals surface area contributed by atoms with E-state index in [0.29, 0.717) is 5.56 Å². The predicted molar refractivity (Wildman–Crippen MR) is 110 cm³/mol. The quantitative estimate of drug-likeness (QED) is 0.488. The number of ether oxygens (including phenoxy) is 5. The topological polar surface area (TPSA) is 132 Å². The molecule has 0 aliphatic carbocycles. The minimum Gasteiger partial charge on any atom is -0.484 e. The maximum Gasteiger partial charge on any atom is 0.308 e. The number of carbonyl (C=O) groups is 5. The molecule has 1 atom stereocenters. The number of Topliss-reactive ketones (excluding diaryl/α,β-unsaturated/α-hetero) is 1. The van der Waals surface area contributed by atoms with Gasteiger partial charge >= 0.3 is 23.9 Å². The molecule has 10 nitrogen and oxygen atoms in total. The van der Waals surface area contributed by atoms with Crippen molar-refractivity contribution in [1.82, 2.24) is 0 Å². The van der Waals surface area contributed by atoms with Gasteiger partial charge in [0.1, 0.15) is 40.4 Å². The molecule has 0 saturated heterocycles. The average Bonchev–Trinajstić information content (AvgIpc) is 2.65. The van der Waals surface area contributed by atoms with Crippen molar-refractivity contribution in [2.45, 2.75) is 40.2 Å². The van der Waals surface area contributed by atoms with Crippen LogP contribution < -0.4 is 23.7 Å². The molecule has 1 aliphatic heterocycles. The number of ketones is 1. The van der Waals surface area contributed by atoms with Crippen LogP contribution in [0.5, 0.6) is 28.7 Å². The van der Waals surface area contributed by atoms with E-state index < -0.39 is 35.8 Å². The molecule has 1 heterocycles.